The van der Waals surface area contributed by atoms with Crippen LogP contribution < -0.4 is 5.32 Å². The number of benzene rings is 1. The fourth-order valence-corrected chi connectivity index (χ4v) is 2.51. The van der Waals surface area contributed by atoms with Crippen LogP contribution in [0.25, 0.3) is 0 Å². The maximum Gasteiger partial charge on any atom is 0.410 e. The number of rotatable bonds is 9. The minimum atomic E-state index is -0.475. The summed E-state index contributed by atoms with van der Waals surface area (Å²) in [5.74, 6) is -0.211. The van der Waals surface area contributed by atoms with Gasteiger partial charge in [0.15, 0.2) is 0 Å². The smallest absolute Gasteiger partial charge is 0.410 e. The molecule has 0 aliphatic heterocycles. The minimum Gasteiger partial charge on any atom is -0.444 e. The lowest BCUT2D eigenvalue weighted by Crippen LogP contribution is -2.35. The van der Waals surface area contributed by atoms with Crippen molar-refractivity contribution in [3.63, 3.8) is 0 Å². The van der Waals surface area contributed by atoms with Crippen molar-refractivity contribution in [1.29, 1.82) is 0 Å². The van der Waals surface area contributed by atoms with Gasteiger partial charge in [0, 0.05) is 19.6 Å². The zero-order valence-corrected chi connectivity index (χ0v) is 16.3. The van der Waals surface area contributed by atoms with E-state index in [2.05, 4.69) is 12.2 Å². The number of nitrogens with one attached hydrogen (secondary N) is 1. The fraction of sp³-hybridized carbons (Fsp3) is 0.650. The van der Waals surface area contributed by atoms with Crippen molar-refractivity contribution in [2.45, 2.75) is 65.0 Å². The van der Waals surface area contributed by atoms with Gasteiger partial charge in [-0.3, -0.25) is 0 Å². The number of amides is 1. The summed E-state index contributed by atoms with van der Waals surface area (Å²) in [5, 5.41) is 3.53. The van der Waals surface area contributed by atoms with Crippen LogP contribution in [0.15, 0.2) is 24.3 Å². The number of unbranched alkanes of at least 4 members (excludes halogenated alkanes) is 1. The van der Waals surface area contributed by atoms with Gasteiger partial charge >= 0.3 is 6.09 Å². The summed E-state index contributed by atoms with van der Waals surface area (Å²) in [6, 6.07) is 6.91. The van der Waals surface area contributed by atoms with Gasteiger partial charge in [0.05, 0.1) is 0 Å². The molecule has 142 valence electrons. The summed E-state index contributed by atoms with van der Waals surface area (Å²) in [6.45, 7) is 9.17. The molecule has 0 bridgehead atoms. The maximum atomic E-state index is 13.1. The summed E-state index contributed by atoms with van der Waals surface area (Å²) in [6.07, 6.45) is 3.80. The Bertz CT molecular complexity index is 511. The molecular weight excluding hydrogens is 319 g/mol. The van der Waals surface area contributed by atoms with E-state index in [4.69, 9.17) is 4.74 Å². The second kappa shape index (κ2) is 10.4. The van der Waals surface area contributed by atoms with Crippen LogP contribution in [0, 0.1) is 5.82 Å². The molecule has 4 nitrogen and oxygen atoms in total. The normalized spacial score (nSPS) is 12.7. The van der Waals surface area contributed by atoms with Crippen molar-refractivity contribution in [1.82, 2.24) is 10.2 Å². The van der Waals surface area contributed by atoms with E-state index in [-0.39, 0.29) is 18.0 Å². The van der Waals surface area contributed by atoms with Gasteiger partial charge in [0.2, 0.25) is 0 Å². The molecule has 1 unspecified atom stereocenters. The lowest BCUT2D eigenvalue weighted by atomic mass is 10.0. The average molecular weight is 352 g/mol. The van der Waals surface area contributed by atoms with Crippen molar-refractivity contribution in [2.75, 3.05) is 20.1 Å². The van der Waals surface area contributed by atoms with Gasteiger partial charge in [-0.25, -0.2) is 9.18 Å². The van der Waals surface area contributed by atoms with E-state index in [1.54, 1.807) is 11.9 Å². The summed E-state index contributed by atoms with van der Waals surface area (Å²) in [5.41, 5.74) is 0.632. The Morgan fingerprint density at radius 2 is 1.88 bits per heavy atom. The van der Waals surface area contributed by atoms with E-state index in [0.29, 0.717) is 6.54 Å². The van der Waals surface area contributed by atoms with Crippen LogP contribution in [-0.2, 0) is 4.74 Å². The number of hydrogen-bond donors (Lipinski definition) is 1. The molecule has 0 aliphatic rings. The second-order valence-electron chi connectivity index (χ2n) is 7.46. The molecule has 1 rings (SSSR count). The lowest BCUT2D eigenvalue weighted by Gasteiger charge is -2.25. The Morgan fingerprint density at radius 3 is 2.44 bits per heavy atom. The van der Waals surface area contributed by atoms with Gasteiger partial charge in [-0.1, -0.05) is 31.9 Å². The van der Waals surface area contributed by atoms with E-state index < -0.39 is 5.60 Å². The first-order valence-electron chi connectivity index (χ1n) is 9.16. The summed E-state index contributed by atoms with van der Waals surface area (Å²) in [7, 11) is 1.75. The highest BCUT2D eigenvalue weighted by Gasteiger charge is 2.19. The molecule has 0 aliphatic carbocycles. The molecule has 1 aromatic rings. The third kappa shape index (κ3) is 8.87. The van der Waals surface area contributed by atoms with Crippen molar-refractivity contribution in [3.8, 4) is 0 Å². The van der Waals surface area contributed by atoms with Crippen molar-refractivity contribution in [2.24, 2.45) is 0 Å². The van der Waals surface area contributed by atoms with Gasteiger partial charge in [-0.2, -0.15) is 0 Å². The molecule has 1 N–H and O–H groups in total. The summed E-state index contributed by atoms with van der Waals surface area (Å²) >= 11 is 0. The molecule has 1 amide bonds. The third-order valence-electron chi connectivity index (χ3n) is 3.88. The van der Waals surface area contributed by atoms with E-state index >= 15 is 0 Å². The number of nitrogens with zero attached hydrogens (tertiary/aromatic N) is 1. The monoisotopic (exact) mass is 352 g/mol. The average Bonchev–Trinajstić information content (AvgIpc) is 2.53. The molecule has 1 atom stereocenters. The van der Waals surface area contributed by atoms with E-state index in [1.807, 2.05) is 32.9 Å². The number of halogens is 1. The largest absolute Gasteiger partial charge is 0.444 e. The predicted octanol–water partition coefficient (Wildman–Crippen LogP) is 4.90. The first kappa shape index (κ1) is 21.4. The van der Waals surface area contributed by atoms with Gasteiger partial charge in [-0.05, 0) is 57.9 Å². The van der Waals surface area contributed by atoms with Crippen LogP contribution in [0.2, 0.25) is 0 Å². The maximum absolute atomic E-state index is 13.1. The van der Waals surface area contributed by atoms with Crippen molar-refractivity contribution < 1.29 is 13.9 Å². The van der Waals surface area contributed by atoms with E-state index in [1.165, 1.54) is 12.1 Å². The molecule has 0 saturated heterocycles. The minimum absolute atomic E-state index is 0.211. The topological polar surface area (TPSA) is 41.6 Å². The number of hydrogen-bond acceptors (Lipinski definition) is 3. The zero-order chi connectivity index (χ0) is 18.9. The number of carbonyl (C=O) groups excluding carboxylic acids is 1. The quantitative estimate of drug-likeness (QED) is 0.643. The van der Waals surface area contributed by atoms with Crippen LogP contribution in [0.5, 0.6) is 0 Å². The molecule has 1 aromatic carbocycles. The van der Waals surface area contributed by atoms with Gasteiger partial charge in [0.25, 0.3) is 0 Å². The zero-order valence-electron chi connectivity index (χ0n) is 16.3. The molecule has 0 heterocycles. The van der Waals surface area contributed by atoms with Crippen LogP contribution in [0.1, 0.15) is 65.0 Å². The van der Waals surface area contributed by atoms with Crippen LogP contribution in [-0.4, -0.2) is 36.7 Å². The highest BCUT2D eigenvalue weighted by Crippen LogP contribution is 2.20. The highest BCUT2D eigenvalue weighted by molar-refractivity contribution is 5.67. The first-order valence-corrected chi connectivity index (χ1v) is 9.16. The highest BCUT2D eigenvalue weighted by atomic mass is 19.1. The summed E-state index contributed by atoms with van der Waals surface area (Å²) < 4.78 is 18.5. The molecule has 25 heavy (non-hydrogen) atoms. The van der Waals surface area contributed by atoms with Crippen molar-refractivity contribution in [3.05, 3.63) is 35.6 Å². The Kier molecular flexibility index (Phi) is 8.90. The van der Waals surface area contributed by atoms with E-state index in [9.17, 15) is 9.18 Å². The Labute approximate surface area is 151 Å². The molecule has 0 fully saturated rings. The predicted molar refractivity (Wildman–Crippen MR) is 100 cm³/mol. The SMILES string of the molecule is CCCCC(NCCCN(C)C(=O)OC(C)(C)C)c1ccc(F)cc1. The number of carbonyl (C=O) groups is 1. The second-order valence-corrected chi connectivity index (χ2v) is 7.46. The van der Waals surface area contributed by atoms with Crippen molar-refractivity contribution >= 4 is 6.09 Å². The molecule has 0 aromatic heterocycles. The Hall–Kier alpha value is -1.62. The van der Waals surface area contributed by atoms with Crippen LogP contribution in [0.3, 0.4) is 0 Å². The van der Waals surface area contributed by atoms with Gasteiger partial charge in [-0.15, -0.1) is 0 Å². The fourth-order valence-electron chi connectivity index (χ4n) is 2.51. The molecule has 5 heteroatoms. The van der Waals surface area contributed by atoms with Crippen LogP contribution in [0.4, 0.5) is 9.18 Å². The molecular formula is C20H33FN2O2. The third-order valence-corrected chi connectivity index (χ3v) is 3.88. The van der Waals surface area contributed by atoms with Gasteiger partial charge < -0.3 is 15.0 Å². The standard InChI is InChI=1S/C20H33FN2O2/c1-6-7-9-18(16-10-12-17(21)13-11-16)22-14-8-15-23(5)19(24)25-20(2,3)4/h10-13,18,22H,6-9,14-15H2,1-5H3. The Morgan fingerprint density at radius 1 is 1.24 bits per heavy atom. The lowest BCUT2D eigenvalue weighted by molar-refractivity contribution is 0.0297. The summed E-state index contributed by atoms with van der Waals surface area (Å²) in [4.78, 5) is 13.5. The first-order chi connectivity index (χ1) is 11.7. The van der Waals surface area contributed by atoms with E-state index in [0.717, 1.165) is 37.8 Å². The molecule has 0 radical (unpaired) electrons. The van der Waals surface area contributed by atoms with Crippen LogP contribution >= 0.6 is 0 Å². The van der Waals surface area contributed by atoms with Gasteiger partial charge in [0.1, 0.15) is 11.4 Å². The molecule has 0 saturated carbocycles. The molecule has 0 spiro atoms. The Balaban J connectivity index is 2.44. The number of ether oxygens (including phenoxy) is 1.